The van der Waals surface area contributed by atoms with Crippen molar-refractivity contribution in [1.29, 1.82) is 0 Å². The van der Waals surface area contributed by atoms with E-state index in [-0.39, 0.29) is 0 Å². The van der Waals surface area contributed by atoms with E-state index >= 15 is 0 Å². The minimum absolute atomic E-state index is 1.08. The van der Waals surface area contributed by atoms with Gasteiger partial charge in [-0.05, 0) is 21.9 Å². The summed E-state index contributed by atoms with van der Waals surface area (Å²) in [6.07, 6.45) is 0. The zero-order valence-electron chi connectivity index (χ0n) is 7.63. The molecule has 0 bridgehead atoms. The fraction of sp³-hybridized carbons (Fsp3) is 0.167. The Morgan fingerprint density at radius 1 is 0.929 bits per heavy atom. The summed E-state index contributed by atoms with van der Waals surface area (Å²) in [5, 5.41) is 2.77. The lowest BCUT2D eigenvalue weighted by Crippen LogP contribution is -1.83. The van der Waals surface area contributed by atoms with Crippen LogP contribution < -0.4 is 0 Å². The smallest absolute Gasteiger partial charge is 0.0253 e. The Balaban J connectivity index is 2.67. The highest BCUT2D eigenvalue weighted by atomic mass is 127. The molecule has 2 aromatic rings. The van der Waals surface area contributed by atoms with Crippen molar-refractivity contribution in [3.8, 4) is 0 Å². The second kappa shape index (κ2) is 4.79. The van der Waals surface area contributed by atoms with Crippen LogP contribution in [-0.2, 0) is 8.86 Å². The highest BCUT2D eigenvalue weighted by Gasteiger charge is 1.99. The normalized spacial score (nSPS) is 10.7. The van der Waals surface area contributed by atoms with Crippen LogP contribution in [0.3, 0.4) is 0 Å². The van der Waals surface area contributed by atoms with Gasteiger partial charge >= 0.3 is 0 Å². The number of halogens is 2. The van der Waals surface area contributed by atoms with Gasteiger partial charge in [0.15, 0.2) is 0 Å². The van der Waals surface area contributed by atoms with Gasteiger partial charge in [0.05, 0.1) is 0 Å². The Bertz CT molecular complexity index is 449. The van der Waals surface area contributed by atoms with E-state index in [2.05, 4.69) is 81.6 Å². The van der Waals surface area contributed by atoms with Crippen LogP contribution in [0.15, 0.2) is 36.4 Å². The van der Waals surface area contributed by atoms with Gasteiger partial charge in [0, 0.05) is 8.86 Å². The van der Waals surface area contributed by atoms with Gasteiger partial charge in [-0.2, -0.15) is 0 Å². The minimum atomic E-state index is 1.08. The third kappa shape index (κ3) is 2.05. The van der Waals surface area contributed by atoms with Crippen LogP contribution >= 0.6 is 45.2 Å². The van der Waals surface area contributed by atoms with Crippen LogP contribution in [0.25, 0.3) is 10.8 Å². The third-order valence-corrected chi connectivity index (χ3v) is 4.04. The molecular weight excluding hydrogens is 398 g/mol. The van der Waals surface area contributed by atoms with Crippen molar-refractivity contribution < 1.29 is 0 Å². The molecule has 2 aromatic carbocycles. The molecule has 0 atom stereocenters. The summed E-state index contributed by atoms with van der Waals surface area (Å²) >= 11 is 4.82. The summed E-state index contributed by atoms with van der Waals surface area (Å²) in [4.78, 5) is 0. The van der Waals surface area contributed by atoms with Gasteiger partial charge in [0.2, 0.25) is 0 Å². The van der Waals surface area contributed by atoms with Crippen LogP contribution in [0.4, 0.5) is 0 Å². The molecule has 2 rings (SSSR count). The predicted octanol–water partition coefficient (Wildman–Crippen LogP) is 4.71. The van der Waals surface area contributed by atoms with Gasteiger partial charge in [0.1, 0.15) is 0 Å². The highest BCUT2D eigenvalue weighted by Crippen LogP contribution is 2.23. The molecule has 0 aliphatic rings. The van der Waals surface area contributed by atoms with E-state index < -0.39 is 0 Å². The molecule has 14 heavy (non-hydrogen) atoms. The number of rotatable bonds is 2. The van der Waals surface area contributed by atoms with Crippen LogP contribution in [0.2, 0.25) is 0 Å². The molecule has 0 aliphatic carbocycles. The van der Waals surface area contributed by atoms with E-state index in [1.54, 1.807) is 0 Å². The summed E-state index contributed by atoms with van der Waals surface area (Å²) in [7, 11) is 0. The van der Waals surface area contributed by atoms with E-state index in [1.807, 2.05) is 0 Å². The van der Waals surface area contributed by atoms with Crippen LogP contribution in [0.1, 0.15) is 11.1 Å². The zero-order valence-corrected chi connectivity index (χ0v) is 11.9. The molecule has 0 N–H and O–H groups in total. The first-order valence-electron chi connectivity index (χ1n) is 4.47. The van der Waals surface area contributed by atoms with Crippen molar-refractivity contribution in [2.75, 3.05) is 0 Å². The Morgan fingerprint density at radius 3 is 2.50 bits per heavy atom. The molecule has 0 aromatic heterocycles. The second-order valence-corrected chi connectivity index (χ2v) is 4.77. The molecule has 0 fully saturated rings. The van der Waals surface area contributed by atoms with Crippen LogP contribution in [0.5, 0.6) is 0 Å². The summed E-state index contributed by atoms with van der Waals surface area (Å²) in [5.41, 5.74) is 2.84. The first-order valence-corrected chi connectivity index (χ1v) is 7.52. The van der Waals surface area contributed by atoms with Gasteiger partial charge < -0.3 is 0 Å². The zero-order chi connectivity index (χ0) is 9.97. The van der Waals surface area contributed by atoms with Gasteiger partial charge in [-0.15, -0.1) is 0 Å². The van der Waals surface area contributed by atoms with Gasteiger partial charge in [-0.3, -0.25) is 0 Å². The Kier molecular flexibility index (Phi) is 3.65. The van der Waals surface area contributed by atoms with Crippen molar-refractivity contribution >= 4 is 56.0 Å². The Labute approximate surface area is 111 Å². The first kappa shape index (κ1) is 10.7. The number of benzene rings is 2. The van der Waals surface area contributed by atoms with E-state index in [1.165, 1.54) is 21.9 Å². The lowest BCUT2D eigenvalue weighted by molar-refractivity contribution is 1.46. The van der Waals surface area contributed by atoms with Crippen molar-refractivity contribution in [2.45, 2.75) is 8.86 Å². The summed E-state index contributed by atoms with van der Waals surface area (Å²) in [5.74, 6) is 0. The third-order valence-electron chi connectivity index (χ3n) is 2.33. The molecule has 0 saturated carbocycles. The van der Waals surface area contributed by atoms with Gasteiger partial charge in [-0.1, -0.05) is 81.6 Å². The SMILES string of the molecule is ICc1ccc2c(CI)cccc2c1. The number of hydrogen-bond acceptors (Lipinski definition) is 0. The van der Waals surface area contributed by atoms with Crippen LogP contribution in [-0.4, -0.2) is 0 Å². The lowest BCUT2D eigenvalue weighted by atomic mass is 10.0. The summed E-state index contributed by atoms with van der Waals surface area (Å²) in [6.45, 7) is 0. The number of fused-ring (bicyclic) bond motifs is 1. The molecule has 0 spiro atoms. The molecule has 0 aliphatic heterocycles. The fourth-order valence-electron chi connectivity index (χ4n) is 1.60. The Morgan fingerprint density at radius 2 is 1.79 bits per heavy atom. The van der Waals surface area contributed by atoms with Crippen molar-refractivity contribution in [3.63, 3.8) is 0 Å². The molecular formula is C12H10I2. The van der Waals surface area contributed by atoms with Gasteiger partial charge in [0.25, 0.3) is 0 Å². The van der Waals surface area contributed by atoms with E-state index in [9.17, 15) is 0 Å². The predicted molar refractivity (Wildman–Crippen MR) is 79.4 cm³/mol. The molecule has 2 heteroatoms. The summed E-state index contributed by atoms with van der Waals surface area (Å²) < 4.78 is 2.17. The molecule has 0 nitrogen and oxygen atoms in total. The molecule has 0 amide bonds. The molecule has 0 saturated heterocycles. The minimum Gasteiger partial charge on any atom is -0.0812 e. The highest BCUT2D eigenvalue weighted by molar-refractivity contribution is 14.1. The largest absolute Gasteiger partial charge is 0.0812 e. The monoisotopic (exact) mass is 408 g/mol. The van der Waals surface area contributed by atoms with E-state index in [4.69, 9.17) is 0 Å². The maximum absolute atomic E-state index is 2.42. The second-order valence-electron chi connectivity index (χ2n) is 3.24. The fourth-order valence-corrected chi connectivity index (χ4v) is 2.74. The lowest BCUT2D eigenvalue weighted by Gasteiger charge is -2.04. The maximum atomic E-state index is 2.42. The van der Waals surface area contributed by atoms with Crippen molar-refractivity contribution in [1.82, 2.24) is 0 Å². The van der Waals surface area contributed by atoms with Crippen molar-refractivity contribution in [3.05, 3.63) is 47.5 Å². The number of hydrogen-bond donors (Lipinski definition) is 0. The van der Waals surface area contributed by atoms with E-state index in [0.717, 1.165) is 8.86 Å². The average Bonchev–Trinajstić information content (AvgIpc) is 2.27. The first-order chi connectivity index (χ1) is 6.85. The Hall–Kier alpha value is 0.160. The maximum Gasteiger partial charge on any atom is 0.0253 e. The summed E-state index contributed by atoms with van der Waals surface area (Å²) in [6, 6.07) is 13.3. The molecule has 0 heterocycles. The van der Waals surface area contributed by atoms with E-state index in [0.29, 0.717) is 0 Å². The van der Waals surface area contributed by atoms with Crippen molar-refractivity contribution in [2.24, 2.45) is 0 Å². The average molecular weight is 408 g/mol. The topological polar surface area (TPSA) is 0 Å². The number of alkyl halides is 2. The quantitative estimate of drug-likeness (QED) is 0.499. The molecule has 0 unspecified atom stereocenters. The van der Waals surface area contributed by atoms with Crippen LogP contribution in [0, 0.1) is 0 Å². The standard InChI is InChI=1S/C12H10I2/c13-7-9-4-5-12-10(6-9)2-1-3-11(12)8-14/h1-6H,7-8H2. The van der Waals surface area contributed by atoms with Gasteiger partial charge in [-0.25, -0.2) is 0 Å². The molecule has 72 valence electrons. The molecule has 0 radical (unpaired) electrons.